The van der Waals surface area contributed by atoms with E-state index in [1.54, 1.807) is 11.1 Å². The van der Waals surface area contributed by atoms with Gasteiger partial charge in [-0.05, 0) is 39.0 Å². The summed E-state index contributed by atoms with van der Waals surface area (Å²) in [4.78, 5) is 16.1. The Labute approximate surface area is 162 Å². The SMILES string of the molecule is CC(C)(C)OC(=O)N1CCN(c2ccc(Br)cc2C=NN=C(N)N)CC1. The minimum absolute atomic E-state index is 0.0937. The molecular weight excluding hydrogens is 400 g/mol. The predicted molar refractivity (Wildman–Crippen MR) is 108 cm³/mol. The minimum atomic E-state index is -0.491. The molecular formula is C17H25BrN6O2. The highest BCUT2D eigenvalue weighted by atomic mass is 79.9. The fraction of sp³-hybridized carbons (Fsp3) is 0.471. The van der Waals surface area contributed by atoms with E-state index >= 15 is 0 Å². The molecule has 0 spiro atoms. The average molecular weight is 425 g/mol. The maximum atomic E-state index is 12.2. The minimum Gasteiger partial charge on any atom is -0.444 e. The summed E-state index contributed by atoms with van der Waals surface area (Å²) in [5.74, 6) is -0.0937. The van der Waals surface area contributed by atoms with E-state index in [-0.39, 0.29) is 12.1 Å². The zero-order chi connectivity index (χ0) is 19.3. The Hall–Kier alpha value is -2.29. The summed E-state index contributed by atoms with van der Waals surface area (Å²) in [6.07, 6.45) is 1.34. The molecule has 8 nitrogen and oxygen atoms in total. The third kappa shape index (κ3) is 5.91. The summed E-state index contributed by atoms with van der Waals surface area (Å²) >= 11 is 3.46. The Balaban J connectivity index is 2.08. The van der Waals surface area contributed by atoms with Gasteiger partial charge in [0, 0.05) is 41.9 Å². The molecule has 1 aliphatic heterocycles. The molecule has 1 saturated heterocycles. The molecule has 1 aliphatic rings. The lowest BCUT2D eigenvalue weighted by Crippen LogP contribution is -2.50. The summed E-state index contributed by atoms with van der Waals surface area (Å²) in [5.41, 5.74) is 12.0. The molecule has 9 heteroatoms. The molecule has 0 unspecified atom stereocenters. The van der Waals surface area contributed by atoms with Gasteiger partial charge in [-0.1, -0.05) is 15.9 Å². The topological polar surface area (TPSA) is 110 Å². The fourth-order valence-corrected chi connectivity index (χ4v) is 2.91. The number of nitrogens with two attached hydrogens (primary N) is 2. The summed E-state index contributed by atoms with van der Waals surface area (Å²) in [7, 11) is 0. The lowest BCUT2D eigenvalue weighted by molar-refractivity contribution is 0.0240. The van der Waals surface area contributed by atoms with Gasteiger partial charge in [0.15, 0.2) is 0 Å². The van der Waals surface area contributed by atoms with Gasteiger partial charge in [0.25, 0.3) is 0 Å². The number of carbonyl (C=O) groups excluding carboxylic acids is 1. The number of ether oxygens (including phenoxy) is 1. The molecule has 1 amide bonds. The second-order valence-electron chi connectivity index (χ2n) is 6.93. The first-order valence-corrected chi connectivity index (χ1v) is 9.09. The molecule has 0 radical (unpaired) electrons. The Bertz CT molecular complexity index is 702. The number of rotatable bonds is 3. The molecule has 26 heavy (non-hydrogen) atoms. The molecule has 0 saturated carbocycles. The number of halogens is 1. The monoisotopic (exact) mass is 424 g/mol. The lowest BCUT2D eigenvalue weighted by Gasteiger charge is -2.37. The van der Waals surface area contributed by atoms with Crippen LogP contribution in [-0.2, 0) is 4.74 Å². The highest BCUT2D eigenvalue weighted by molar-refractivity contribution is 9.10. The molecule has 0 aromatic heterocycles. The van der Waals surface area contributed by atoms with E-state index in [1.165, 1.54) is 0 Å². The molecule has 1 heterocycles. The lowest BCUT2D eigenvalue weighted by atomic mass is 10.1. The van der Waals surface area contributed by atoms with Crippen molar-refractivity contribution >= 4 is 39.9 Å². The van der Waals surface area contributed by atoms with E-state index in [2.05, 4.69) is 31.0 Å². The van der Waals surface area contributed by atoms with Gasteiger partial charge < -0.3 is 26.0 Å². The zero-order valence-electron chi connectivity index (χ0n) is 15.3. The predicted octanol–water partition coefficient (Wildman–Crippen LogP) is 2.11. The number of anilines is 1. The van der Waals surface area contributed by atoms with Crippen molar-refractivity contribution < 1.29 is 9.53 Å². The first-order valence-electron chi connectivity index (χ1n) is 8.30. The maximum Gasteiger partial charge on any atom is 0.410 e. The molecule has 4 N–H and O–H groups in total. The third-order valence-corrected chi connectivity index (χ3v) is 4.12. The van der Waals surface area contributed by atoms with Gasteiger partial charge in [0.05, 0.1) is 6.21 Å². The molecule has 0 aliphatic carbocycles. The largest absolute Gasteiger partial charge is 0.444 e. The number of amides is 1. The molecule has 142 valence electrons. The fourth-order valence-electron chi connectivity index (χ4n) is 2.53. The van der Waals surface area contributed by atoms with E-state index in [0.29, 0.717) is 26.2 Å². The van der Waals surface area contributed by atoms with Crippen molar-refractivity contribution in [3.8, 4) is 0 Å². The van der Waals surface area contributed by atoms with Gasteiger partial charge in [-0.15, -0.1) is 5.10 Å². The summed E-state index contributed by atoms with van der Waals surface area (Å²) < 4.78 is 6.37. The highest BCUT2D eigenvalue weighted by Crippen LogP contribution is 2.25. The third-order valence-electron chi connectivity index (χ3n) is 3.63. The van der Waals surface area contributed by atoms with Crippen LogP contribution in [0.2, 0.25) is 0 Å². The van der Waals surface area contributed by atoms with Crippen LogP contribution in [0.3, 0.4) is 0 Å². The summed E-state index contributed by atoms with van der Waals surface area (Å²) in [6.45, 7) is 8.18. The first-order chi connectivity index (χ1) is 12.2. The first kappa shape index (κ1) is 20.0. The van der Waals surface area contributed by atoms with Crippen LogP contribution in [0.4, 0.5) is 10.5 Å². The highest BCUT2D eigenvalue weighted by Gasteiger charge is 2.26. The zero-order valence-corrected chi connectivity index (χ0v) is 16.9. The maximum absolute atomic E-state index is 12.2. The molecule has 0 bridgehead atoms. The normalized spacial score (nSPS) is 15.2. The van der Waals surface area contributed by atoms with Gasteiger partial charge in [-0.25, -0.2) is 4.79 Å². The van der Waals surface area contributed by atoms with Crippen LogP contribution in [0.15, 0.2) is 32.9 Å². The van der Waals surface area contributed by atoms with Crippen LogP contribution in [0.5, 0.6) is 0 Å². The molecule has 1 aromatic rings. The summed E-state index contributed by atoms with van der Waals surface area (Å²) in [5, 5.41) is 7.55. The molecule has 1 aromatic carbocycles. The quantitative estimate of drug-likeness (QED) is 0.438. The van der Waals surface area contributed by atoms with E-state index in [1.807, 2.05) is 39.0 Å². The number of benzene rings is 1. The van der Waals surface area contributed by atoms with Crippen molar-refractivity contribution in [1.29, 1.82) is 0 Å². The van der Waals surface area contributed by atoms with Crippen LogP contribution in [0, 0.1) is 0 Å². The van der Waals surface area contributed by atoms with Crippen molar-refractivity contribution in [2.75, 3.05) is 31.1 Å². The Kier molecular flexibility index (Phi) is 6.47. The Morgan fingerprint density at radius 1 is 1.23 bits per heavy atom. The van der Waals surface area contributed by atoms with Crippen molar-refractivity contribution in [3.05, 3.63) is 28.2 Å². The van der Waals surface area contributed by atoms with Gasteiger partial charge in [-0.2, -0.15) is 5.10 Å². The second-order valence-corrected chi connectivity index (χ2v) is 7.84. The number of nitrogens with zero attached hydrogens (tertiary/aromatic N) is 4. The van der Waals surface area contributed by atoms with Gasteiger partial charge in [-0.3, -0.25) is 0 Å². The van der Waals surface area contributed by atoms with E-state index in [4.69, 9.17) is 16.2 Å². The Morgan fingerprint density at radius 3 is 2.46 bits per heavy atom. The molecule has 0 atom stereocenters. The number of guanidine groups is 1. The van der Waals surface area contributed by atoms with Crippen molar-refractivity contribution in [3.63, 3.8) is 0 Å². The van der Waals surface area contributed by atoms with Crippen LogP contribution in [0.25, 0.3) is 0 Å². The van der Waals surface area contributed by atoms with E-state index in [9.17, 15) is 4.79 Å². The van der Waals surface area contributed by atoms with Gasteiger partial charge in [0.1, 0.15) is 5.60 Å². The van der Waals surface area contributed by atoms with Crippen molar-refractivity contribution in [2.24, 2.45) is 21.7 Å². The van der Waals surface area contributed by atoms with Crippen molar-refractivity contribution in [1.82, 2.24) is 4.90 Å². The number of hydrogen-bond donors (Lipinski definition) is 2. The number of carbonyl (C=O) groups is 1. The van der Waals surface area contributed by atoms with Crippen LogP contribution in [-0.4, -0.2) is 54.9 Å². The van der Waals surface area contributed by atoms with Crippen molar-refractivity contribution in [2.45, 2.75) is 26.4 Å². The molecule has 1 fully saturated rings. The number of piperazine rings is 1. The van der Waals surface area contributed by atoms with Gasteiger partial charge in [0.2, 0.25) is 5.96 Å². The molecule has 2 rings (SSSR count). The Morgan fingerprint density at radius 2 is 1.88 bits per heavy atom. The van der Waals surface area contributed by atoms with Gasteiger partial charge >= 0.3 is 6.09 Å². The average Bonchev–Trinajstić information content (AvgIpc) is 2.53. The van der Waals surface area contributed by atoms with E-state index < -0.39 is 5.60 Å². The standard InChI is InChI=1S/C17H25BrN6O2/c1-17(2,3)26-16(25)24-8-6-23(7-9-24)14-5-4-13(18)10-12(14)11-21-22-15(19)20/h4-5,10-11H,6-9H2,1-3H3,(H4,19,20,22). The van der Waals surface area contributed by atoms with E-state index in [0.717, 1.165) is 15.7 Å². The smallest absolute Gasteiger partial charge is 0.410 e. The number of hydrogen-bond acceptors (Lipinski definition) is 5. The van der Waals surface area contributed by atoms with Crippen LogP contribution in [0.1, 0.15) is 26.3 Å². The second kappa shape index (κ2) is 8.39. The van der Waals surface area contributed by atoms with Crippen LogP contribution < -0.4 is 16.4 Å². The summed E-state index contributed by atoms with van der Waals surface area (Å²) in [6, 6.07) is 5.92. The van der Waals surface area contributed by atoms with Crippen LogP contribution >= 0.6 is 15.9 Å².